The summed E-state index contributed by atoms with van der Waals surface area (Å²) < 4.78 is 65.5. The van der Waals surface area contributed by atoms with E-state index in [0.29, 0.717) is 24.2 Å². The van der Waals surface area contributed by atoms with Gasteiger partial charge in [0.15, 0.2) is 0 Å². The lowest BCUT2D eigenvalue weighted by Crippen LogP contribution is -2.32. The van der Waals surface area contributed by atoms with Crippen molar-refractivity contribution >= 4 is 17.8 Å². The molecular weight excluding hydrogens is 602 g/mol. The van der Waals surface area contributed by atoms with Gasteiger partial charge in [-0.05, 0) is 36.5 Å². The monoisotopic (exact) mass is 630 g/mol. The first kappa shape index (κ1) is 34.0. The van der Waals surface area contributed by atoms with Crippen molar-refractivity contribution in [2.75, 3.05) is 13.1 Å². The van der Waals surface area contributed by atoms with Gasteiger partial charge in [-0.25, -0.2) is 9.59 Å². The Morgan fingerprint density at radius 3 is 2.02 bits per heavy atom. The molecule has 0 saturated carbocycles. The molecule has 4 heterocycles. The zero-order valence-corrected chi connectivity index (χ0v) is 23.1. The van der Waals surface area contributed by atoms with Crippen molar-refractivity contribution in [2.24, 2.45) is 11.8 Å². The van der Waals surface area contributed by atoms with Gasteiger partial charge in [-0.1, -0.05) is 36.4 Å². The van der Waals surface area contributed by atoms with Crippen LogP contribution in [0, 0.1) is 18.8 Å². The van der Waals surface area contributed by atoms with Gasteiger partial charge in [0.2, 0.25) is 5.82 Å². The van der Waals surface area contributed by atoms with E-state index in [-0.39, 0.29) is 5.91 Å². The summed E-state index contributed by atoms with van der Waals surface area (Å²) in [7, 11) is 0. The maximum absolute atomic E-state index is 12.7. The first-order chi connectivity index (χ1) is 20.5. The van der Waals surface area contributed by atoms with E-state index in [1.807, 2.05) is 47.9 Å². The smallest absolute Gasteiger partial charge is 0.475 e. The Morgan fingerprint density at radius 2 is 1.45 bits per heavy atom. The topological polar surface area (TPSA) is 151 Å². The number of hydrogen-bond donors (Lipinski definition) is 3. The summed E-state index contributed by atoms with van der Waals surface area (Å²) in [6.45, 7) is 6.26. The molecule has 2 aliphatic rings. The number of fused-ring (bicyclic) bond motifs is 2. The van der Waals surface area contributed by atoms with E-state index in [9.17, 15) is 31.1 Å². The molecule has 2 aliphatic heterocycles. The molecule has 1 fully saturated rings. The Balaban J connectivity index is 0.000000317. The number of amides is 1. The van der Waals surface area contributed by atoms with E-state index < -0.39 is 24.3 Å². The van der Waals surface area contributed by atoms with E-state index in [2.05, 4.69) is 37.5 Å². The van der Waals surface area contributed by atoms with Crippen molar-refractivity contribution in [3.05, 3.63) is 77.1 Å². The van der Waals surface area contributed by atoms with Crippen LogP contribution < -0.4 is 5.32 Å². The average Bonchev–Trinajstić information content (AvgIpc) is 3.53. The number of nitrogens with zero attached hydrogens (tertiary/aromatic N) is 5. The predicted molar refractivity (Wildman–Crippen MR) is 140 cm³/mol. The number of carboxylic acids is 2. The van der Waals surface area contributed by atoms with Crippen LogP contribution in [0.25, 0.3) is 0 Å². The molecule has 238 valence electrons. The fourth-order valence-electron chi connectivity index (χ4n) is 4.69. The number of alkyl halides is 6. The van der Waals surface area contributed by atoms with E-state index in [4.69, 9.17) is 19.8 Å². The molecule has 11 nitrogen and oxygen atoms in total. The number of rotatable bonds is 5. The van der Waals surface area contributed by atoms with Gasteiger partial charge in [-0.2, -0.15) is 26.3 Å². The number of aliphatic carboxylic acids is 2. The highest BCUT2D eigenvalue weighted by Gasteiger charge is 2.40. The first-order valence-electron chi connectivity index (χ1n) is 13.0. The lowest BCUT2D eigenvalue weighted by Gasteiger charge is -2.25. The molecule has 3 N–H and O–H groups in total. The molecule has 0 bridgehead atoms. The van der Waals surface area contributed by atoms with Crippen molar-refractivity contribution in [3.63, 3.8) is 0 Å². The number of hydrogen-bond acceptors (Lipinski definition) is 7. The quantitative estimate of drug-likeness (QED) is 0.360. The summed E-state index contributed by atoms with van der Waals surface area (Å²) in [5, 5.41) is 25.8. The summed E-state index contributed by atoms with van der Waals surface area (Å²) in [4.78, 5) is 37.6. The Hall–Kier alpha value is -4.54. The van der Waals surface area contributed by atoms with Gasteiger partial charge in [-0.3, -0.25) is 14.7 Å². The summed E-state index contributed by atoms with van der Waals surface area (Å²) in [5.74, 6) is -3.24. The number of carbonyl (C=O) groups excluding carboxylic acids is 1. The van der Waals surface area contributed by atoms with Crippen molar-refractivity contribution in [2.45, 2.75) is 45.3 Å². The van der Waals surface area contributed by atoms with E-state index >= 15 is 0 Å². The van der Waals surface area contributed by atoms with Gasteiger partial charge in [0.25, 0.3) is 5.91 Å². The number of carbonyl (C=O) groups is 3. The second-order valence-corrected chi connectivity index (χ2v) is 10.0. The van der Waals surface area contributed by atoms with Crippen LogP contribution in [0.2, 0.25) is 0 Å². The van der Waals surface area contributed by atoms with Crippen LogP contribution in [0.5, 0.6) is 0 Å². The fraction of sp³-hybridized carbons (Fsp3) is 0.407. The minimum Gasteiger partial charge on any atom is -0.475 e. The van der Waals surface area contributed by atoms with Crippen molar-refractivity contribution in [1.82, 2.24) is 30.0 Å². The second-order valence-electron chi connectivity index (χ2n) is 10.0. The summed E-state index contributed by atoms with van der Waals surface area (Å²) in [6.07, 6.45) is -9.29. The van der Waals surface area contributed by atoms with Crippen LogP contribution in [0.3, 0.4) is 0 Å². The van der Waals surface area contributed by atoms with Crippen LogP contribution in [0.1, 0.15) is 33.4 Å². The third-order valence-corrected chi connectivity index (χ3v) is 6.66. The SMILES string of the molecule is Cc1cccc(CN2CC3Cc4nnc(C(=O)NCc5ccccc5)n4CC3C2)n1.O=C(O)C(F)(F)F.O=C(O)C(F)(F)F. The van der Waals surface area contributed by atoms with Crippen LogP contribution in [-0.4, -0.2) is 78.1 Å². The normalized spacial score (nSPS) is 17.6. The van der Waals surface area contributed by atoms with Gasteiger partial charge in [0, 0.05) is 44.8 Å². The second kappa shape index (κ2) is 14.3. The molecule has 2 aromatic heterocycles. The lowest BCUT2D eigenvalue weighted by molar-refractivity contribution is -0.193. The Labute approximate surface area is 246 Å². The van der Waals surface area contributed by atoms with Crippen molar-refractivity contribution in [1.29, 1.82) is 0 Å². The number of pyridine rings is 1. The largest absolute Gasteiger partial charge is 0.490 e. The van der Waals surface area contributed by atoms with Gasteiger partial charge < -0.3 is 20.1 Å². The van der Waals surface area contributed by atoms with E-state index in [1.165, 1.54) is 0 Å². The number of nitrogens with one attached hydrogen (secondary N) is 1. The molecule has 2 atom stereocenters. The maximum Gasteiger partial charge on any atom is 0.490 e. The number of benzene rings is 1. The van der Waals surface area contributed by atoms with Gasteiger partial charge in [-0.15, -0.1) is 10.2 Å². The fourth-order valence-corrected chi connectivity index (χ4v) is 4.69. The highest BCUT2D eigenvalue weighted by Crippen LogP contribution is 2.33. The van der Waals surface area contributed by atoms with Crippen LogP contribution in [-0.2, 0) is 35.6 Å². The molecule has 1 aromatic carbocycles. The Morgan fingerprint density at radius 1 is 0.864 bits per heavy atom. The minimum absolute atomic E-state index is 0.158. The van der Waals surface area contributed by atoms with E-state index in [1.54, 1.807) is 0 Å². The third kappa shape index (κ3) is 9.75. The molecule has 1 amide bonds. The van der Waals surface area contributed by atoms with Crippen LogP contribution in [0.4, 0.5) is 26.3 Å². The summed E-state index contributed by atoms with van der Waals surface area (Å²) >= 11 is 0. The highest BCUT2D eigenvalue weighted by atomic mass is 19.4. The minimum atomic E-state index is -5.08. The number of likely N-dealkylation sites (tertiary alicyclic amines) is 1. The molecule has 2 unspecified atom stereocenters. The van der Waals surface area contributed by atoms with Gasteiger partial charge >= 0.3 is 24.3 Å². The molecule has 0 aliphatic carbocycles. The number of aryl methyl sites for hydroxylation is 1. The van der Waals surface area contributed by atoms with Crippen LogP contribution in [0.15, 0.2) is 48.5 Å². The Kier molecular flexibility index (Phi) is 11.0. The molecule has 5 rings (SSSR count). The predicted octanol–water partition coefficient (Wildman–Crippen LogP) is 3.48. The molecule has 0 spiro atoms. The van der Waals surface area contributed by atoms with E-state index in [0.717, 1.165) is 55.4 Å². The standard InChI is InChI=1S/C23H26N6O.2C2HF3O2/c1-16-6-5-9-20(25-16)15-28-12-18-10-21-26-27-22(29(21)14-19(18)13-28)23(30)24-11-17-7-3-2-4-8-17;2*3-2(4,5)1(6)7/h2-9,18-19H,10-15H2,1H3,(H,24,30);2*(H,6,7). The number of carboxylic acid groups (broad SMARTS) is 2. The average molecular weight is 631 g/mol. The number of halogens is 6. The van der Waals surface area contributed by atoms with Crippen LogP contribution >= 0.6 is 0 Å². The maximum atomic E-state index is 12.7. The number of aromatic nitrogens is 4. The summed E-state index contributed by atoms with van der Waals surface area (Å²) in [6, 6.07) is 16.1. The zero-order valence-electron chi connectivity index (χ0n) is 23.1. The first-order valence-corrected chi connectivity index (χ1v) is 13.0. The lowest BCUT2D eigenvalue weighted by atomic mass is 9.89. The molecule has 3 aromatic rings. The Bertz CT molecular complexity index is 1420. The molecule has 1 saturated heterocycles. The summed E-state index contributed by atoms with van der Waals surface area (Å²) in [5.41, 5.74) is 3.25. The molecular formula is C27H28F6N6O5. The van der Waals surface area contributed by atoms with Crippen molar-refractivity contribution in [3.8, 4) is 0 Å². The van der Waals surface area contributed by atoms with Gasteiger partial charge in [0.1, 0.15) is 5.82 Å². The third-order valence-electron chi connectivity index (χ3n) is 6.66. The molecule has 17 heteroatoms. The van der Waals surface area contributed by atoms with Gasteiger partial charge in [0.05, 0.1) is 5.69 Å². The van der Waals surface area contributed by atoms with Crippen molar-refractivity contribution < 1.29 is 50.9 Å². The molecule has 0 radical (unpaired) electrons. The molecule has 44 heavy (non-hydrogen) atoms. The zero-order chi connectivity index (χ0) is 32.7. The highest BCUT2D eigenvalue weighted by molar-refractivity contribution is 5.90.